The zero-order valence-electron chi connectivity index (χ0n) is 3.97. The summed E-state index contributed by atoms with van der Waals surface area (Å²) in [5.41, 5.74) is 0. The Bertz CT molecular complexity index is 82.0. The Morgan fingerprint density at radius 1 is 1.50 bits per heavy atom. The predicted molar refractivity (Wildman–Crippen MR) is 20.4 cm³/mol. The molecular weight excluding hydrogens is 224 g/mol. The van der Waals surface area contributed by atoms with Crippen molar-refractivity contribution >= 4 is 21.3 Å². The van der Waals surface area contributed by atoms with Crippen molar-refractivity contribution in [3.63, 3.8) is 0 Å². The first-order valence-electron chi connectivity index (χ1n) is 1.34. The molecule has 0 spiro atoms. The van der Waals surface area contributed by atoms with Crippen LogP contribution in [0, 0.1) is 0 Å². The Kier molecular flexibility index (Phi) is 30.8. The molecule has 0 atom stereocenters. The second-order valence-corrected chi connectivity index (χ2v) is 0.952. The normalized spacial score (nSPS) is 4.12. The summed E-state index contributed by atoms with van der Waals surface area (Å²) in [6.07, 6.45) is 0. The molecule has 0 saturated carbocycles. The fourth-order valence-electron chi connectivity index (χ4n) is 0. The minimum atomic E-state index is -2.00. The summed E-state index contributed by atoms with van der Waals surface area (Å²) in [7, 11) is 0. The molecule has 1 radical (unpaired) electrons. The number of hydrogen-bond donors (Lipinski definition) is 1. The van der Waals surface area contributed by atoms with Gasteiger partial charge < -0.3 is 5.11 Å². The summed E-state index contributed by atoms with van der Waals surface area (Å²) < 4.78 is 17.0. The molecule has 0 aromatic rings. The molecule has 0 aliphatic rings. The van der Waals surface area contributed by atoms with E-state index >= 15 is 0 Å². The van der Waals surface area contributed by atoms with Gasteiger partial charge in [-0.15, -0.1) is 0 Å². The van der Waals surface area contributed by atoms with Gasteiger partial charge in [0.25, 0.3) is 5.97 Å². The molecule has 0 saturated heterocycles. The van der Waals surface area contributed by atoms with Crippen molar-refractivity contribution in [1.29, 1.82) is 0 Å². The summed E-state index contributed by atoms with van der Waals surface area (Å²) >= 11 is -2.00. The van der Waals surface area contributed by atoms with Crippen LogP contribution in [0.2, 0.25) is 0 Å². The zero-order chi connectivity index (χ0) is 6.28. The van der Waals surface area contributed by atoms with Crippen molar-refractivity contribution in [2.45, 2.75) is 6.92 Å². The van der Waals surface area contributed by atoms with Crippen LogP contribution in [-0.4, -0.2) is 26.4 Å². The zero-order valence-corrected chi connectivity index (χ0v) is 7.01. The third-order valence-corrected chi connectivity index (χ3v) is 0. The van der Waals surface area contributed by atoms with Crippen molar-refractivity contribution in [3.8, 4) is 0 Å². The van der Waals surface area contributed by atoms with Crippen LogP contribution < -0.4 is 0 Å². The maximum absolute atomic E-state index is 9.00. The molecule has 0 aromatic heterocycles. The van der Waals surface area contributed by atoms with Gasteiger partial charge in [0, 0.05) is 24.0 Å². The Balaban J connectivity index is -0.0000000575. The van der Waals surface area contributed by atoms with Crippen LogP contribution in [0.1, 0.15) is 6.92 Å². The molecular formula is C2H4CuGeO4. The van der Waals surface area contributed by atoms with Gasteiger partial charge in [-0.1, -0.05) is 0 Å². The van der Waals surface area contributed by atoms with E-state index in [4.69, 9.17) is 17.5 Å². The molecule has 4 nitrogen and oxygen atoms in total. The molecule has 0 amide bonds. The number of carbonyl (C=O) groups is 1. The number of carboxylic acids is 1. The van der Waals surface area contributed by atoms with E-state index in [2.05, 4.69) is 0 Å². The van der Waals surface area contributed by atoms with Crippen molar-refractivity contribution in [2.75, 3.05) is 0 Å². The number of carboxylic acid groups (broad SMARTS) is 1. The van der Waals surface area contributed by atoms with Crippen LogP contribution in [0.25, 0.3) is 0 Å². The van der Waals surface area contributed by atoms with E-state index < -0.39 is 21.3 Å². The SMILES string of the molecule is CC(=O)O.[Cu].[O]=[Ge]=[O]. The van der Waals surface area contributed by atoms with Gasteiger partial charge >= 0.3 is 22.9 Å². The molecule has 0 heterocycles. The van der Waals surface area contributed by atoms with Gasteiger partial charge in [0.05, 0.1) is 0 Å². The van der Waals surface area contributed by atoms with Crippen LogP contribution in [0.4, 0.5) is 0 Å². The van der Waals surface area contributed by atoms with E-state index in [1.807, 2.05) is 0 Å². The second-order valence-electron chi connectivity index (χ2n) is 0.602. The van der Waals surface area contributed by atoms with Crippen molar-refractivity contribution in [2.24, 2.45) is 0 Å². The first-order valence-corrected chi connectivity index (χ1v) is 3.05. The third-order valence-electron chi connectivity index (χ3n) is 0. The Morgan fingerprint density at radius 3 is 1.50 bits per heavy atom. The summed E-state index contributed by atoms with van der Waals surface area (Å²) in [5, 5.41) is 7.42. The monoisotopic (exact) mass is 229 g/mol. The van der Waals surface area contributed by atoms with Crippen LogP contribution in [-0.2, 0) is 29.4 Å². The third kappa shape index (κ3) is 9220. The summed E-state index contributed by atoms with van der Waals surface area (Å²) in [5.74, 6) is -0.833. The van der Waals surface area contributed by atoms with Gasteiger partial charge in [-0.3, -0.25) is 4.79 Å². The van der Waals surface area contributed by atoms with Gasteiger partial charge in [0.15, 0.2) is 0 Å². The van der Waals surface area contributed by atoms with E-state index in [0.717, 1.165) is 6.92 Å². The molecule has 0 bridgehead atoms. The summed E-state index contributed by atoms with van der Waals surface area (Å²) in [6.45, 7) is 1.08. The molecule has 51 valence electrons. The predicted octanol–water partition coefficient (Wildman–Crippen LogP) is -0.530. The minimum absolute atomic E-state index is 0. The van der Waals surface area contributed by atoms with E-state index in [-0.39, 0.29) is 17.1 Å². The van der Waals surface area contributed by atoms with Crippen molar-refractivity contribution < 1.29 is 34.5 Å². The quantitative estimate of drug-likeness (QED) is 0.566. The first-order chi connectivity index (χ1) is 3.15. The average molecular weight is 228 g/mol. The van der Waals surface area contributed by atoms with Crippen LogP contribution in [0.15, 0.2) is 0 Å². The molecule has 1 N–H and O–H groups in total. The molecule has 0 rings (SSSR count). The Labute approximate surface area is 63.0 Å². The molecule has 0 aliphatic carbocycles. The standard InChI is InChI=1S/C2H4O2.Cu.GeO2/c1-2(3)4;;2-1-3/h1H3,(H,3,4);;. The maximum atomic E-state index is 9.00. The van der Waals surface area contributed by atoms with Crippen LogP contribution in [0.5, 0.6) is 0 Å². The van der Waals surface area contributed by atoms with Gasteiger partial charge in [0.1, 0.15) is 0 Å². The van der Waals surface area contributed by atoms with E-state index in [1.165, 1.54) is 0 Å². The first kappa shape index (κ1) is 15.7. The molecule has 0 aliphatic heterocycles. The molecule has 0 unspecified atom stereocenters. The van der Waals surface area contributed by atoms with Gasteiger partial charge in [-0.05, 0) is 0 Å². The van der Waals surface area contributed by atoms with Gasteiger partial charge in [-0.2, -0.15) is 0 Å². The van der Waals surface area contributed by atoms with Gasteiger partial charge in [0.2, 0.25) is 0 Å². The number of hydrogen-bond acceptors (Lipinski definition) is 3. The Morgan fingerprint density at radius 2 is 1.50 bits per heavy atom. The van der Waals surface area contributed by atoms with Crippen LogP contribution >= 0.6 is 0 Å². The Hall–Kier alpha value is 0.132. The number of rotatable bonds is 0. The molecule has 6 heteroatoms. The summed E-state index contributed by atoms with van der Waals surface area (Å²) in [6, 6.07) is 0. The van der Waals surface area contributed by atoms with E-state index in [1.54, 1.807) is 0 Å². The number of aliphatic carboxylic acids is 1. The molecule has 0 fully saturated rings. The van der Waals surface area contributed by atoms with Crippen molar-refractivity contribution in [1.82, 2.24) is 0 Å². The fourth-order valence-corrected chi connectivity index (χ4v) is 0. The average Bonchev–Trinajstić information content (AvgIpc) is 1.33. The van der Waals surface area contributed by atoms with Crippen LogP contribution in [0.3, 0.4) is 0 Å². The molecule has 0 aromatic carbocycles. The van der Waals surface area contributed by atoms with E-state index in [0.29, 0.717) is 0 Å². The van der Waals surface area contributed by atoms with Gasteiger partial charge in [-0.25, -0.2) is 0 Å². The second kappa shape index (κ2) is 15.7. The molecule has 8 heavy (non-hydrogen) atoms. The van der Waals surface area contributed by atoms with Crippen molar-refractivity contribution in [3.05, 3.63) is 0 Å². The topological polar surface area (TPSA) is 71.4 Å². The summed E-state index contributed by atoms with van der Waals surface area (Å²) in [4.78, 5) is 9.00. The fraction of sp³-hybridized carbons (Fsp3) is 0.500. The van der Waals surface area contributed by atoms with E-state index in [9.17, 15) is 0 Å².